The van der Waals surface area contributed by atoms with Crippen LogP contribution in [0.3, 0.4) is 0 Å². The normalized spacial score (nSPS) is 25.5. The molecule has 0 heterocycles. The van der Waals surface area contributed by atoms with E-state index in [-0.39, 0.29) is 0 Å². The minimum atomic E-state index is 0.777. The Morgan fingerprint density at radius 2 is 2.06 bits per heavy atom. The molecule has 1 fully saturated rings. The number of hydrogen-bond acceptors (Lipinski definition) is 1. The van der Waals surface area contributed by atoms with E-state index in [0.29, 0.717) is 0 Å². The Hall–Kier alpha value is -0.990. The molecule has 1 saturated carbocycles. The van der Waals surface area contributed by atoms with Crippen LogP contribution in [0.4, 0.5) is 0 Å². The lowest BCUT2D eigenvalue weighted by Gasteiger charge is -2.31. The SMILES string of the molecule is C=CCNC(=NC)N(C)CC1CCC(C)CC1. The summed E-state index contributed by atoms with van der Waals surface area (Å²) in [5.74, 6) is 2.73. The molecule has 1 rings (SSSR count). The number of guanidine groups is 1. The van der Waals surface area contributed by atoms with Crippen LogP contribution in [0.2, 0.25) is 0 Å². The van der Waals surface area contributed by atoms with Crippen molar-refractivity contribution < 1.29 is 0 Å². The fraction of sp³-hybridized carbons (Fsp3) is 0.786. The second-order valence-electron chi connectivity index (χ2n) is 5.22. The first-order chi connectivity index (χ1) is 8.17. The molecule has 0 radical (unpaired) electrons. The van der Waals surface area contributed by atoms with Crippen molar-refractivity contribution in [2.45, 2.75) is 32.6 Å². The van der Waals surface area contributed by atoms with Crippen molar-refractivity contribution in [2.75, 3.05) is 27.2 Å². The molecule has 3 heteroatoms. The molecule has 0 aromatic rings. The molecule has 3 nitrogen and oxygen atoms in total. The maximum absolute atomic E-state index is 4.29. The highest BCUT2D eigenvalue weighted by molar-refractivity contribution is 5.79. The Morgan fingerprint density at radius 3 is 2.59 bits per heavy atom. The molecule has 0 atom stereocenters. The minimum absolute atomic E-state index is 0.777. The van der Waals surface area contributed by atoms with Crippen LogP contribution in [0.25, 0.3) is 0 Å². The molecule has 1 aliphatic carbocycles. The number of aliphatic imine (C=N–C) groups is 1. The van der Waals surface area contributed by atoms with Crippen LogP contribution in [0.15, 0.2) is 17.6 Å². The predicted octanol–water partition coefficient (Wildman–Crippen LogP) is 2.51. The molecule has 17 heavy (non-hydrogen) atoms. The van der Waals surface area contributed by atoms with Crippen molar-refractivity contribution in [3.05, 3.63) is 12.7 Å². The van der Waals surface area contributed by atoms with Gasteiger partial charge in [-0.25, -0.2) is 0 Å². The van der Waals surface area contributed by atoms with E-state index in [1.807, 2.05) is 13.1 Å². The van der Waals surface area contributed by atoms with Crippen molar-refractivity contribution in [1.29, 1.82) is 0 Å². The molecular weight excluding hydrogens is 210 g/mol. The van der Waals surface area contributed by atoms with E-state index in [0.717, 1.165) is 30.9 Å². The molecule has 1 aliphatic rings. The first kappa shape index (κ1) is 14.1. The quantitative estimate of drug-likeness (QED) is 0.462. The average molecular weight is 237 g/mol. The van der Waals surface area contributed by atoms with Crippen molar-refractivity contribution in [1.82, 2.24) is 10.2 Å². The van der Waals surface area contributed by atoms with Gasteiger partial charge in [0.05, 0.1) is 0 Å². The Bertz CT molecular complexity index is 252. The van der Waals surface area contributed by atoms with E-state index in [1.54, 1.807) is 0 Å². The maximum atomic E-state index is 4.29. The number of nitrogens with zero attached hydrogens (tertiary/aromatic N) is 2. The summed E-state index contributed by atoms with van der Waals surface area (Å²) in [6, 6.07) is 0. The molecular formula is C14H27N3. The van der Waals surface area contributed by atoms with Crippen LogP contribution >= 0.6 is 0 Å². The lowest BCUT2D eigenvalue weighted by Crippen LogP contribution is -2.41. The molecule has 0 saturated heterocycles. The Morgan fingerprint density at radius 1 is 1.41 bits per heavy atom. The van der Waals surface area contributed by atoms with Gasteiger partial charge in [-0.05, 0) is 24.7 Å². The van der Waals surface area contributed by atoms with E-state index in [2.05, 4.69) is 35.8 Å². The summed E-state index contributed by atoms with van der Waals surface area (Å²) in [6.07, 6.45) is 7.36. The zero-order chi connectivity index (χ0) is 12.7. The zero-order valence-electron chi connectivity index (χ0n) is 11.6. The fourth-order valence-corrected chi connectivity index (χ4v) is 2.53. The number of nitrogens with one attached hydrogen (secondary N) is 1. The third-order valence-electron chi connectivity index (χ3n) is 3.65. The fourth-order valence-electron chi connectivity index (χ4n) is 2.53. The second kappa shape index (κ2) is 7.36. The zero-order valence-corrected chi connectivity index (χ0v) is 11.6. The van der Waals surface area contributed by atoms with Crippen molar-refractivity contribution >= 4 is 5.96 Å². The van der Waals surface area contributed by atoms with Crippen LogP contribution in [0.1, 0.15) is 32.6 Å². The van der Waals surface area contributed by atoms with E-state index in [4.69, 9.17) is 0 Å². The lowest BCUT2D eigenvalue weighted by molar-refractivity contribution is 0.250. The maximum Gasteiger partial charge on any atom is 0.193 e. The van der Waals surface area contributed by atoms with Crippen LogP contribution in [-0.4, -0.2) is 38.0 Å². The summed E-state index contributed by atoms with van der Waals surface area (Å²) in [4.78, 5) is 6.53. The largest absolute Gasteiger partial charge is 0.353 e. The summed E-state index contributed by atoms with van der Waals surface area (Å²) in [5, 5.41) is 3.28. The molecule has 0 aromatic carbocycles. The predicted molar refractivity (Wildman–Crippen MR) is 75.3 cm³/mol. The molecule has 0 aliphatic heterocycles. The Balaban J connectivity index is 2.36. The summed E-state index contributed by atoms with van der Waals surface area (Å²) in [5.41, 5.74) is 0. The van der Waals surface area contributed by atoms with Gasteiger partial charge in [-0.15, -0.1) is 6.58 Å². The van der Waals surface area contributed by atoms with Crippen molar-refractivity contribution in [2.24, 2.45) is 16.8 Å². The second-order valence-corrected chi connectivity index (χ2v) is 5.22. The van der Waals surface area contributed by atoms with Crippen LogP contribution in [-0.2, 0) is 0 Å². The molecule has 0 bridgehead atoms. The van der Waals surface area contributed by atoms with Gasteiger partial charge in [-0.2, -0.15) is 0 Å². The Kier molecular flexibility index (Phi) is 6.09. The van der Waals surface area contributed by atoms with Crippen molar-refractivity contribution in [3.63, 3.8) is 0 Å². The molecule has 0 amide bonds. The van der Waals surface area contributed by atoms with Gasteiger partial charge in [0.1, 0.15) is 0 Å². The topological polar surface area (TPSA) is 27.6 Å². The van der Waals surface area contributed by atoms with Crippen molar-refractivity contribution in [3.8, 4) is 0 Å². The summed E-state index contributed by atoms with van der Waals surface area (Å²) in [6.45, 7) is 7.97. The molecule has 0 spiro atoms. The van der Waals surface area contributed by atoms with E-state index in [9.17, 15) is 0 Å². The van der Waals surface area contributed by atoms with E-state index >= 15 is 0 Å². The third kappa shape index (κ3) is 4.80. The first-order valence-corrected chi connectivity index (χ1v) is 6.70. The highest BCUT2D eigenvalue weighted by atomic mass is 15.3. The van der Waals surface area contributed by atoms with Gasteiger partial charge in [-0.1, -0.05) is 25.8 Å². The standard InChI is InChI=1S/C14H27N3/c1-5-10-16-14(15-3)17(4)11-13-8-6-12(2)7-9-13/h5,12-13H,1,6-11H2,2-4H3,(H,15,16). The minimum Gasteiger partial charge on any atom is -0.353 e. The van der Waals surface area contributed by atoms with Crippen LogP contribution in [0.5, 0.6) is 0 Å². The Labute approximate surface area is 106 Å². The first-order valence-electron chi connectivity index (χ1n) is 6.70. The lowest BCUT2D eigenvalue weighted by atomic mass is 9.83. The van der Waals surface area contributed by atoms with Gasteiger partial charge in [0.15, 0.2) is 5.96 Å². The van der Waals surface area contributed by atoms with Crippen LogP contribution in [0, 0.1) is 11.8 Å². The van der Waals surface area contributed by atoms with E-state index in [1.165, 1.54) is 25.7 Å². The summed E-state index contributed by atoms with van der Waals surface area (Å²) >= 11 is 0. The van der Waals surface area contributed by atoms with E-state index < -0.39 is 0 Å². The molecule has 0 aromatic heterocycles. The van der Waals surface area contributed by atoms with Gasteiger partial charge in [0, 0.05) is 27.2 Å². The monoisotopic (exact) mass is 237 g/mol. The number of rotatable bonds is 4. The molecule has 0 unspecified atom stereocenters. The highest BCUT2D eigenvalue weighted by Gasteiger charge is 2.20. The van der Waals surface area contributed by atoms with Gasteiger partial charge in [-0.3, -0.25) is 4.99 Å². The third-order valence-corrected chi connectivity index (χ3v) is 3.65. The summed E-state index contributed by atoms with van der Waals surface area (Å²) in [7, 11) is 3.96. The number of hydrogen-bond donors (Lipinski definition) is 1. The van der Waals surface area contributed by atoms with Gasteiger partial charge < -0.3 is 10.2 Å². The highest BCUT2D eigenvalue weighted by Crippen LogP contribution is 2.28. The van der Waals surface area contributed by atoms with Gasteiger partial charge in [0.2, 0.25) is 0 Å². The van der Waals surface area contributed by atoms with Crippen LogP contribution < -0.4 is 5.32 Å². The van der Waals surface area contributed by atoms with Gasteiger partial charge in [0.25, 0.3) is 0 Å². The summed E-state index contributed by atoms with van der Waals surface area (Å²) < 4.78 is 0. The average Bonchev–Trinajstić information content (AvgIpc) is 2.33. The van der Waals surface area contributed by atoms with Gasteiger partial charge >= 0.3 is 0 Å². The smallest absolute Gasteiger partial charge is 0.193 e. The molecule has 98 valence electrons. The molecule has 1 N–H and O–H groups in total.